The number of nitrogens with zero attached hydrogens (tertiary/aromatic N) is 1. The number of ether oxygens (including phenoxy) is 3. The van der Waals surface area contributed by atoms with Gasteiger partial charge in [0.25, 0.3) is 0 Å². The fourth-order valence-corrected chi connectivity index (χ4v) is 5.47. The first-order valence-corrected chi connectivity index (χ1v) is 8.66. The molecule has 2 aliphatic carbocycles. The van der Waals surface area contributed by atoms with Gasteiger partial charge in [0.15, 0.2) is 17.3 Å². The van der Waals surface area contributed by atoms with E-state index in [1.54, 1.807) is 0 Å². The van der Waals surface area contributed by atoms with Crippen molar-refractivity contribution >= 4 is 5.78 Å². The SMILES string of the molecule is COC1=CC[C@]23CCN(C)[C@]2(C[C@H](O)c2cc4c(cc23)OCO4)C1=O. The lowest BCUT2D eigenvalue weighted by atomic mass is 9.53. The minimum atomic E-state index is -0.771. The standard InChI is InChI=1S/C19H21NO5/c1-20-6-5-18-4-3-14(23-2)17(22)19(18,20)9-13(21)11-7-15-16(8-12(11)18)25-10-24-15/h3,7-8,13,21H,4-6,9-10H2,1-2H3/t13-,18+,19+/m0/s1. The Hall–Kier alpha value is -2.05. The summed E-state index contributed by atoms with van der Waals surface area (Å²) in [6.07, 6.45) is 3.13. The van der Waals surface area contributed by atoms with Crippen LogP contribution < -0.4 is 9.47 Å². The number of rotatable bonds is 1. The second-order valence-corrected chi connectivity index (χ2v) is 7.43. The summed E-state index contributed by atoms with van der Waals surface area (Å²) in [7, 11) is 3.51. The first-order chi connectivity index (χ1) is 12.0. The summed E-state index contributed by atoms with van der Waals surface area (Å²) in [4.78, 5) is 15.5. The van der Waals surface area contributed by atoms with Crippen LogP contribution in [0.1, 0.15) is 36.5 Å². The van der Waals surface area contributed by atoms with E-state index in [9.17, 15) is 9.90 Å². The third kappa shape index (κ3) is 1.60. The normalized spacial score (nSPS) is 35.7. The molecule has 3 atom stereocenters. The lowest BCUT2D eigenvalue weighted by Crippen LogP contribution is -2.65. The highest BCUT2D eigenvalue weighted by Gasteiger charge is 2.68. The zero-order chi connectivity index (χ0) is 17.4. The van der Waals surface area contributed by atoms with Crippen LogP contribution in [-0.2, 0) is 14.9 Å². The van der Waals surface area contributed by atoms with E-state index in [0.717, 1.165) is 24.1 Å². The Balaban J connectivity index is 1.80. The van der Waals surface area contributed by atoms with E-state index in [-0.39, 0.29) is 18.0 Å². The molecular weight excluding hydrogens is 322 g/mol. The number of allylic oxidation sites excluding steroid dienone is 1. The van der Waals surface area contributed by atoms with Crippen LogP contribution in [0.15, 0.2) is 24.0 Å². The molecule has 0 spiro atoms. The molecule has 0 unspecified atom stereocenters. The van der Waals surface area contributed by atoms with Crippen molar-refractivity contribution in [3.8, 4) is 11.5 Å². The van der Waals surface area contributed by atoms with Crippen LogP contribution in [-0.4, -0.2) is 48.8 Å². The topological polar surface area (TPSA) is 68.2 Å². The first kappa shape index (κ1) is 15.2. The maximum Gasteiger partial charge on any atom is 0.231 e. The Bertz CT molecular complexity index is 818. The molecular formula is C19H21NO5. The van der Waals surface area contributed by atoms with Gasteiger partial charge in [-0.25, -0.2) is 0 Å². The number of ketones is 1. The van der Waals surface area contributed by atoms with Crippen LogP contribution in [0.2, 0.25) is 0 Å². The number of likely N-dealkylation sites (tertiary alicyclic amines) is 1. The lowest BCUT2D eigenvalue weighted by Gasteiger charge is -2.54. The number of methoxy groups -OCH3 is 1. The van der Waals surface area contributed by atoms with Gasteiger partial charge in [-0.15, -0.1) is 0 Å². The molecule has 1 aromatic carbocycles. The van der Waals surface area contributed by atoms with Gasteiger partial charge in [0.1, 0.15) is 5.54 Å². The second-order valence-electron chi connectivity index (χ2n) is 7.43. The maximum absolute atomic E-state index is 13.4. The molecule has 0 radical (unpaired) electrons. The summed E-state index contributed by atoms with van der Waals surface area (Å²) in [5, 5.41) is 10.9. The van der Waals surface area contributed by atoms with E-state index in [1.165, 1.54) is 7.11 Å². The molecule has 2 aliphatic heterocycles. The van der Waals surface area contributed by atoms with Crippen molar-refractivity contribution in [3.63, 3.8) is 0 Å². The predicted molar refractivity (Wildman–Crippen MR) is 88.5 cm³/mol. The second kappa shape index (κ2) is 4.77. The van der Waals surface area contributed by atoms with E-state index in [0.29, 0.717) is 30.1 Å². The molecule has 1 fully saturated rings. The third-order valence-electron chi connectivity index (χ3n) is 6.68. The van der Waals surface area contributed by atoms with E-state index >= 15 is 0 Å². The number of hydrogen-bond donors (Lipinski definition) is 1. The maximum atomic E-state index is 13.4. The smallest absolute Gasteiger partial charge is 0.231 e. The Morgan fingerprint density at radius 1 is 1.32 bits per heavy atom. The fourth-order valence-electron chi connectivity index (χ4n) is 5.47. The van der Waals surface area contributed by atoms with Crippen LogP contribution in [0.3, 0.4) is 0 Å². The van der Waals surface area contributed by atoms with Crippen LogP contribution in [0.4, 0.5) is 0 Å². The van der Waals surface area contributed by atoms with Crippen molar-refractivity contribution in [2.45, 2.75) is 36.3 Å². The minimum absolute atomic E-state index is 0.0244. The summed E-state index contributed by atoms with van der Waals surface area (Å²) < 4.78 is 16.4. The summed E-state index contributed by atoms with van der Waals surface area (Å²) in [6.45, 7) is 0.996. The predicted octanol–water partition coefficient (Wildman–Crippen LogP) is 1.67. The van der Waals surface area contributed by atoms with E-state index in [2.05, 4.69) is 4.90 Å². The average Bonchev–Trinajstić information content (AvgIpc) is 3.18. The van der Waals surface area contributed by atoms with Crippen molar-refractivity contribution in [2.75, 3.05) is 27.5 Å². The number of aliphatic hydroxyl groups is 1. The van der Waals surface area contributed by atoms with Gasteiger partial charge in [0.2, 0.25) is 12.6 Å². The van der Waals surface area contributed by atoms with Crippen molar-refractivity contribution < 1.29 is 24.1 Å². The van der Waals surface area contributed by atoms with Crippen LogP contribution in [0, 0.1) is 0 Å². The molecule has 6 heteroatoms. The van der Waals surface area contributed by atoms with Gasteiger partial charge in [-0.3, -0.25) is 9.69 Å². The minimum Gasteiger partial charge on any atom is -0.493 e. The molecule has 5 rings (SSSR count). The molecule has 1 N–H and O–H groups in total. The first-order valence-electron chi connectivity index (χ1n) is 8.66. The zero-order valence-electron chi connectivity index (χ0n) is 14.4. The summed E-state index contributed by atoms with van der Waals surface area (Å²) in [5.41, 5.74) is 0.737. The molecule has 0 saturated carbocycles. The highest BCUT2D eigenvalue weighted by Crippen LogP contribution is 2.62. The van der Waals surface area contributed by atoms with Crippen LogP contribution in [0.25, 0.3) is 0 Å². The number of carbonyl (C=O) groups is 1. The number of benzene rings is 1. The van der Waals surface area contributed by atoms with E-state index < -0.39 is 11.6 Å². The Morgan fingerprint density at radius 2 is 2.08 bits per heavy atom. The molecule has 0 aromatic heterocycles. The molecule has 0 bridgehead atoms. The zero-order valence-corrected chi connectivity index (χ0v) is 14.4. The van der Waals surface area contributed by atoms with Crippen molar-refractivity contribution in [1.29, 1.82) is 0 Å². The molecule has 4 aliphatic rings. The molecule has 6 nitrogen and oxygen atoms in total. The van der Waals surface area contributed by atoms with Gasteiger partial charge in [0, 0.05) is 11.8 Å². The number of hydrogen-bond acceptors (Lipinski definition) is 6. The van der Waals surface area contributed by atoms with Crippen molar-refractivity contribution in [2.24, 2.45) is 0 Å². The third-order valence-corrected chi connectivity index (χ3v) is 6.68. The van der Waals surface area contributed by atoms with Gasteiger partial charge < -0.3 is 19.3 Å². The van der Waals surface area contributed by atoms with Crippen LogP contribution in [0.5, 0.6) is 11.5 Å². The quantitative estimate of drug-likeness (QED) is 0.837. The lowest BCUT2D eigenvalue weighted by molar-refractivity contribution is -0.136. The Kier molecular flexibility index (Phi) is 2.90. The summed E-state index contributed by atoms with van der Waals surface area (Å²) in [6, 6.07) is 3.87. The van der Waals surface area contributed by atoms with Gasteiger partial charge in [-0.2, -0.15) is 0 Å². The number of fused-ring (bicyclic) bond motifs is 2. The van der Waals surface area contributed by atoms with Gasteiger partial charge in [-0.1, -0.05) is 0 Å². The monoisotopic (exact) mass is 343 g/mol. The molecule has 25 heavy (non-hydrogen) atoms. The molecule has 1 saturated heterocycles. The average molecular weight is 343 g/mol. The largest absolute Gasteiger partial charge is 0.493 e. The van der Waals surface area contributed by atoms with E-state index in [4.69, 9.17) is 14.2 Å². The van der Waals surface area contributed by atoms with Crippen molar-refractivity contribution in [1.82, 2.24) is 4.90 Å². The van der Waals surface area contributed by atoms with Crippen LogP contribution >= 0.6 is 0 Å². The highest BCUT2D eigenvalue weighted by atomic mass is 16.7. The molecule has 2 heterocycles. The summed E-state index contributed by atoms with van der Waals surface area (Å²) >= 11 is 0. The van der Waals surface area contributed by atoms with Gasteiger partial charge in [0.05, 0.1) is 13.2 Å². The number of carbonyl (C=O) groups excluding carboxylic acids is 1. The van der Waals surface area contributed by atoms with Gasteiger partial charge >= 0.3 is 0 Å². The summed E-state index contributed by atoms with van der Waals surface area (Å²) in [5.74, 6) is 1.74. The van der Waals surface area contributed by atoms with E-state index in [1.807, 2.05) is 25.3 Å². The highest BCUT2D eigenvalue weighted by molar-refractivity contribution is 6.04. The number of likely N-dealkylation sites (N-methyl/N-ethyl adjacent to an activating group) is 1. The number of Topliss-reactive ketones (excluding diaryl/α,β-unsaturated/α-hetero) is 1. The molecule has 1 aromatic rings. The van der Waals surface area contributed by atoms with Gasteiger partial charge in [-0.05, 0) is 55.8 Å². The van der Waals surface area contributed by atoms with Crippen molar-refractivity contribution in [3.05, 3.63) is 35.1 Å². The number of aliphatic hydroxyl groups excluding tert-OH is 1. The Labute approximate surface area is 146 Å². The molecule has 132 valence electrons. The fraction of sp³-hybridized carbons (Fsp3) is 0.526. The molecule has 0 amide bonds. The Morgan fingerprint density at radius 3 is 2.84 bits per heavy atom.